The van der Waals surface area contributed by atoms with Crippen molar-refractivity contribution >= 4 is 17.7 Å². The van der Waals surface area contributed by atoms with E-state index in [-0.39, 0.29) is 5.92 Å². The van der Waals surface area contributed by atoms with Crippen LogP contribution in [0.2, 0.25) is 0 Å². The Morgan fingerprint density at radius 3 is 2.45 bits per heavy atom. The maximum Gasteiger partial charge on any atom is 0.515 e. The van der Waals surface area contributed by atoms with Crippen LogP contribution in [-0.2, 0) is 14.3 Å². The normalized spacial score (nSPS) is 12.7. The molecule has 20 heavy (non-hydrogen) atoms. The zero-order valence-electron chi connectivity index (χ0n) is 12.1. The number of carbonyl (C=O) groups is 2. The molecule has 1 rings (SSSR count). The second-order valence-electron chi connectivity index (χ2n) is 4.46. The zero-order chi connectivity index (χ0) is 15.0. The highest BCUT2D eigenvalue weighted by molar-refractivity contribution is 5.83. The molecule has 1 aromatic rings. The third-order valence-electron chi connectivity index (χ3n) is 3.00. The molecule has 1 unspecified atom stereocenters. The summed E-state index contributed by atoms with van der Waals surface area (Å²) in [7, 11) is 1.17. The van der Waals surface area contributed by atoms with Gasteiger partial charge in [-0.2, -0.15) is 0 Å². The molecule has 0 saturated heterocycles. The first-order valence-corrected chi connectivity index (χ1v) is 6.62. The monoisotopic (exact) mass is 276 g/mol. The Hall–Kier alpha value is -2.10. The topological polar surface area (TPSA) is 52.6 Å². The van der Waals surface area contributed by atoms with Crippen molar-refractivity contribution in [3.63, 3.8) is 0 Å². The summed E-state index contributed by atoms with van der Waals surface area (Å²) in [5.74, 6) is -0.962. The van der Waals surface area contributed by atoms with E-state index in [1.807, 2.05) is 36.4 Å². The Kier molecular flexibility index (Phi) is 6.50. The average Bonchev–Trinajstić information content (AvgIpc) is 2.48. The number of esters is 1. The summed E-state index contributed by atoms with van der Waals surface area (Å²) in [5.41, 5.74) is 2.31. The number of allylic oxidation sites excluding steroid dienone is 2. The lowest BCUT2D eigenvalue weighted by molar-refractivity contribution is -0.143. The van der Waals surface area contributed by atoms with E-state index in [1.165, 1.54) is 12.7 Å². The van der Waals surface area contributed by atoms with Crippen LogP contribution in [0.4, 0.5) is 4.79 Å². The van der Waals surface area contributed by atoms with E-state index in [4.69, 9.17) is 0 Å². The van der Waals surface area contributed by atoms with Gasteiger partial charge in [0, 0.05) is 0 Å². The highest BCUT2D eigenvalue weighted by Crippen LogP contribution is 2.20. The molecule has 1 aromatic carbocycles. The van der Waals surface area contributed by atoms with E-state index >= 15 is 0 Å². The predicted molar refractivity (Wildman–Crippen MR) is 77.0 cm³/mol. The molecule has 0 fully saturated rings. The van der Waals surface area contributed by atoms with E-state index in [0.717, 1.165) is 12.0 Å². The van der Waals surface area contributed by atoms with E-state index in [2.05, 4.69) is 16.4 Å². The van der Waals surface area contributed by atoms with Crippen molar-refractivity contribution in [2.45, 2.75) is 26.7 Å². The van der Waals surface area contributed by atoms with Crippen LogP contribution < -0.4 is 0 Å². The zero-order valence-corrected chi connectivity index (χ0v) is 12.1. The van der Waals surface area contributed by atoms with Crippen molar-refractivity contribution < 1.29 is 19.1 Å². The van der Waals surface area contributed by atoms with Crippen LogP contribution in [0.3, 0.4) is 0 Å². The van der Waals surface area contributed by atoms with E-state index in [1.54, 1.807) is 6.92 Å². The van der Waals surface area contributed by atoms with Crippen LogP contribution >= 0.6 is 0 Å². The number of carbonyl (C=O) groups excluding carboxylic acids is 2. The maximum absolute atomic E-state index is 11.6. The molecule has 0 radical (unpaired) electrons. The number of hydrogen-bond acceptors (Lipinski definition) is 4. The molecule has 108 valence electrons. The quantitative estimate of drug-likeness (QED) is 0.606. The van der Waals surface area contributed by atoms with Crippen LogP contribution in [0, 0.1) is 5.92 Å². The van der Waals surface area contributed by atoms with Crippen LogP contribution in [-0.4, -0.2) is 19.2 Å². The summed E-state index contributed by atoms with van der Waals surface area (Å²) < 4.78 is 8.79. The first kappa shape index (κ1) is 16.0. The van der Waals surface area contributed by atoms with Crippen LogP contribution in [0.15, 0.2) is 36.4 Å². The molecular formula is C16H20O4. The Morgan fingerprint density at radius 1 is 1.25 bits per heavy atom. The molecule has 1 atom stereocenters. The lowest BCUT2D eigenvalue weighted by Gasteiger charge is -2.09. The van der Waals surface area contributed by atoms with Crippen molar-refractivity contribution in [1.82, 2.24) is 0 Å². The van der Waals surface area contributed by atoms with E-state index in [9.17, 15) is 9.59 Å². The fraction of sp³-hybridized carbons (Fsp3) is 0.375. The van der Waals surface area contributed by atoms with E-state index < -0.39 is 12.1 Å². The van der Waals surface area contributed by atoms with Crippen molar-refractivity contribution in [2.75, 3.05) is 7.11 Å². The summed E-state index contributed by atoms with van der Waals surface area (Å²) in [6.07, 6.45) is 2.44. The Balaban J connectivity index is 2.65. The number of rotatable bonds is 5. The minimum absolute atomic E-state index is 0.389. The predicted octanol–water partition coefficient (Wildman–Crippen LogP) is 3.82. The van der Waals surface area contributed by atoms with Crippen molar-refractivity contribution in [3.05, 3.63) is 42.0 Å². The van der Waals surface area contributed by atoms with Gasteiger partial charge in [0.15, 0.2) is 0 Å². The highest BCUT2D eigenvalue weighted by Gasteiger charge is 2.17. The highest BCUT2D eigenvalue weighted by atomic mass is 16.7. The summed E-state index contributed by atoms with van der Waals surface area (Å²) in [6, 6.07) is 9.99. The van der Waals surface area contributed by atoms with Gasteiger partial charge in [-0.1, -0.05) is 50.3 Å². The molecule has 4 heteroatoms. The Morgan fingerprint density at radius 2 is 1.90 bits per heavy atom. The van der Waals surface area contributed by atoms with Crippen molar-refractivity contribution in [2.24, 2.45) is 5.92 Å². The van der Waals surface area contributed by atoms with Gasteiger partial charge in [0.25, 0.3) is 0 Å². The van der Waals surface area contributed by atoms with E-state index in [0.29, 0.717) is 6.42 Å². The third kappa shape index (κ3) is 4.88. The molecular weight excluding hydrogens is 256 g/mol. The molecule has 0 aromatic heterocycles. The van der Waals surface area contributed by atoms with Gasteiger partial charge in [-0.15, -0.1) is 0 Å². The van der Waals surface area contributed by atoms with Crippen LogP contribution in [0.5, 0.6) is 0 Å². The molecule has 0 aliphatic heterocycles. The van der Waals surface area contributed by atoms with Gasteiger partial charge in [0.2, 0.25) is 0 Å². The molecule has 0 amide bonds. The number of benzene rings is 1. The number of hydrogen-bond donors (Lipinski definition) is 0. The van der Waals surface area contributed by atoms with Crippen LogP contribution in [0.1, 0.15) is 32.3 Å². The van der Waals surface area contributed by atoms with Gasteiger partial charge in [0.1, 0.15) is 0 Å². The summed E-state index contributed by atoms with van der Waals surface area (Å²) >= 11 is 0. The second-order valence-corrected chi connectivity index (χ2v) is 4.46. The van der Waals surface area contributed by atoms with Gasteiger partial charge >= 0.3 is 12.1 Å². The summed E-state index contributed by atoms with van der Waals surface area (Å²) in [6.45, 7) is 3.79. The summed E-state index contributed by atoms with van der Waals surface area (Å²) in [4.78, 5) is 22.5. The molecule has 0 aliphatic carbocycles. The molecule has 0 spiro atoms. The molecule has 0 bridgehead atoms. The molecule has 0 heterocycles. The van der Waals surface area contributed by atoms with Gasteiger partial charge in [-0.25, -0.2) is 4.79 Å². The minimum Gasteiger partial charge on any atom is -0.437 e. The summed E-state index contributed by atoms with van der Waals surface area (Å²) in [5, 5.41) is 0. The fourth-order valence-corrected chi connectivity index (χ4v) is 1.76. The average molecular weight is 276 g/mol. The van der Waals surface area contributed by atoms with Crippen molar-refractivity contribution in [3.8, 4) is 0 Å². The first-order chi connectivity index (χ1) is 9.58. The van der Waals surface area contributed by atoms with Crippen molar-refractivity contribution in [1.29, 1.82) is 0 Å². The number of methoxy groups -OCH3 is 1. The fourth-order valence-electron chi connectivity index (χ4n) is 1.76. The lowest BCUT2D eigenvalue weighted by Crippen LogP contribution is -2.18. The van der Waals surface area contributed by atoms with Gasteiger partial charge in [0.05, 0.1) is 13.0 Å². The third-order valence-corrected chi connectivity index (χ3v) is 3.00. The minimum atomic E-state index is -0.968. The second kappa shape index (κ2) is 8.15. The lowest BCUT2D eigenvalue weighted by atomic mass is 9.99. The SMILES string of the molecule is CC/C(=C\CC(C)C(=O)OC(=O)OC)c1ccccc1. The molecule has 0 saturated carbocycles. The van der Waals surface area contributed by atoms with Gasteiger partial charge in [-0.05, 0) is 24.0 Å². The number of ether oxygens (including phenoxy) is 2. The molecule has 0 N–H and O–H groups in total. The molecule has 4 nitrogen and oxygen atoms in total. The smallest absolute Gasteiger partial charge is 0.437 e. The largest absolute Gasteiger partial charge is 0.515 e. The van der Waals surface area contributed by atoms with Gasteiger partial charge in [-0.3, -0.25) is 4.79 Å². The van der Waals surface area contributed by atoms with Gasteiger partial charge < -0.3 is 9.47 Å². The molecule has 0 aliphatic rings. The Bertz CT molecular complexity index is 477. The maximum atomic E-state index is 11.6. The van der Waals surface area contributed by atoms with Crippen LogP contribution in [0.25, 0.3) is 5.57 Å². The first-order valence-electron chi connectivity index (χ1n) is 6.62. The standard InChI is InChI=1S/C16H20O4/c1-4-13(14-8-6-5-7-9-14)11-10-12(2)15(17)20-16(18)19-3/h5-9,11-12H,4,10H2,1-3H3/b13-11+. The Labute approximate surface area is 119 Å².